The van der Waals surface area contributed by atoms with Crippen LogP contribution in [0.3, 0.4) is 0 Å². The Morgan fingerprint density at radius 1 is 1.20 bits per heavy atom. The maximum atomic E-state index is 11.7. The van der Waals surface area contributed by atoms with Crippen LogP contribution in [0.4, 0.5) is 0 Å². The summed E-state index contributed by atoms with van der Waals surface area (Å²) >= 11 is 0. The average Bonchev–Trinajstić information content (AvgIpc) is 2.24. The molecule has 3 N–H and O–H groups in total. The molecule has 1 saturated heterocycles. The molecule has 2 rings (SSSR count). The van der Waals surface area contributed by atoms with Crippen molar-refractivity contribution < 1.29 is 9.59 Å². The van der Waals surface area contributed by atoms with Crippen molar-refractivity contribution >= 4 is 11.7 Å². The van der Waals surface area contributed by atoms with Crippen molar-refractivity contribution in [1.29, 1.82) is 0 Å². The van der Waals surface area contributed by atoms with Crippen molar-refractivity contribution in [2.75, 3.05) is 0 Å². The largest absolute Gasteiger partial charge is 0.342 e. The highest BCUT2D eigenvalue weighted by molar-refractivity contribution is 5.99. The molecule has 0 aliphatic carbocycles. The first-order valence-electron chi connectivity index (χ1n) is 4.82. The lowest BCUT2D eigenvalue weighted by Gasteiger charge is -2.26. The van der Waals surface area contributed by atoms with Gasteiger partial charge in [-0.05, 0) is 5.56 Å². The van der Waals surface area contributed by atoms with Crippen LogP contribution in [-0.4, -0.2) is 17.7 Å². The Kier molecular flexibility index (Phi) is 2.51. The maximum absolute atomic E-state index is 11.7. The third-order valence-corrected chi connectivity index (χ3v) is 2.49. The van der Waals surface area contributed by atoms with Crippen molar-refractivity contribution in [3.05, 3.63) is 35.9 Å². The van der Waals surface area contributed by atoms with Crippen LogP contribution in [0.1, 0.15) is 18.0 Å². The molecule has 15 heavy (non-hydrogen) atoms. The molecule has 0 bridgehead atoms. The second kappa shape index (κ2) is 3.82. The third-order valence-electron chi connectivity index (χ3n) is 2.49. The Bertz CT molecular complexity index is 389. The van der Waals surface area contributed by atoms with E-state index in [1.165, 1.54) is 0 Å². The molecule has 2 unspecified atom stereocenters. The van der Waals surface area contributed by atoms with Crippen LogP contribution in [0.2, 0.25) is 0 Å². The van der Waals surface area contributed by atoms with Crippen LogP contribution in [0.5, 0.6) is 0 Å². The van der Waals surface area contributed by atoms with E-state index in [2.05, 4.69) is 5.32 Å². The molecule has 1 aliphatic heterocycles. The van der Waals surface area contributed by atoms with E-state index in [0.717, 1.165) is 5.56 Å². The van der Waals surface area contributed by atoms with Crippen molar-refractivity contribution in [3.63, 3.8) is 0 Å². The van der Waals surface area contributed by atoms with E-state index in [1.54, 1.807) is 12.1 Å². The van der Waals surface area contributed by atoms with Crippen molar-refractivity contribution in [3.8, 4) is 0 Å². The number of rotatable bonds is 1. The molecule has 2 atom stereocenters. The minimum atomic E-state index is -0.677. The molecule has 0 saturated carbocycles. The summed E-state index contributed by atoms with van der Waals surface area (Å²) in [5.41, 5.74) is 6.37. The van der Waals surface area contributed by atoms with Crippen molar-refractivity contribution in [2.45, 2.75) is 18.5 Å². The van der Waals surface area contributed by atoms with E-state index in [-0.39, 0.29) is 18.1 Å². The van der Waals surface area contributed by atoms with Gasteiger partial charge in [-0.3, -0.25) is 9.59 Å². The summed E-state index contributed by atoms with van der Waals surface area (Å²) < 4.78 is 0. The van der Waals surface area contributed by atoms with E-state index >= 15 is 0 Å². The zero-order valence-corrected chi connectivity index (χ0v) is 8.14. The van der Waals surface area contributed by atoms with Gasteiger partial charge in [-0.15, -0.1) is 0 Å². The summed E-state index contributed by atoms with van der Waals surface area (Å²) in [7, 11) is 0. The zero-order valence-electron chi connectivity index (χ0n) is 8.14. The molecule has 1 amide bonds. The maximum Gasteiger partial charge on any atom is 0.222 e. The van der Waals surface area contributed by atoms with Gasteiger partial charge in [0.1, 0.15) is 6.04 Å². The van der Waals surface area contributed by atoms with Crippen LogP contribution >= 0.6 is 0 Å². The zero-order chi connectivity index (χ0) is 10.8. The molecule has 1 heterocycles. The van der Waals surface area contributed by atoms with Crippen LogP contribution in [0.15, 0.2) is 30.3 Å². The first kappa shape index (κ1) is 9.86. The summed E-state index contributed by atoms with van der Waals surface area (Å²) in [5, 5.41) is 2.64. The van der Waals surface area contributed by atoms with Gasteiger partial charge in [0.15, 0.2) is 5.78 Å². The first-order chi connectivity index (χ1) is 7.18. The highest BCUT2D eigenvalue weighted by Gasteiger charge is 2.33. The number of Topliss-reactive ketones (excluding diaryl/α,β-unsaturated/α-hetero) is 1. The number of carbonyl (C=O) groups excluding carboxylic acids is 2. The number of hydrogen-bond acceptors (Lipinski definition) is 3. The van der Waals surface area contributed by atoms with E-state index in [4.69, 9.17) is 5.73 Å². The summed E-state index contributed by atoms with van der Waals surface area (Å²) in [4.78, 5) is 23.0. The molecule has 1 aromatic carbocycles. The standard InChI is InChI=1S/C11H12N2O2/c12-8-6-9(14)13-10(11(8)15)7-4-2-1-3-5-7/h1-5,8,10H,6,12H2,(H,13,14). The third kappa shape index (κ3) is 1.89. The van der Waals surface area contributed by atoms with Crippen LogP contribution in [-0.2, 0) is 9.59 Å². The molecular weight excluding hydrogens is 192 g/mol. The summed E-state index contributed by atoms with van der Waals surface area (Å²) in [6.45, 7) is 0. The smallest absolute Gasteiger partial charge is 0.222 e. The molecule has 0 aromatic heterocycles. The lowest BCUT2D eigenvalue weighted by molar-refractivity contribution is -0.134. The Morgan fingerprint density at radius 2 is 1.87 bits per heavy atom. The highest BCUT2D eigenvalue weighted by Crippen LogP contribution is 2.19. The molecule has 4 heteroatoms. The molecule has 0 radical (unpaired) electrons. The summed E-state index contributed by atoms with van der Waals surface area (Å²) in [6.07, 6.45) is 0.0855. The minimum absolute atomic E-state index is 0.0855. The number of piperidine rings is 1. The monoisotopic (exact) mass is 204 g/mol. The lowest BCUT2D eigenvalue weighted by atomic mass is 9.92. The van der Waals surface area contributed by atoms with Crippen LogP contribution < -0.4 is 11.1 Å². The first-order valence-corrected chi connectivity index (χ1v) is 4.82. The van der Waals surface area contributed by atoms with E-state index in [1.807, 2.05) is 18.2 Å². The summed E-state index contributed by atoms with van der Waals surface area (Å²) in [6, 6.07) is 7.87. The molecule has 78 valence electrons. The average molecular weight is 204 g/mol. The topological polar surface area (TPSA) is 72.2 Å². The number of ketones is 1. The normalized spacial score (nSPS) is 26.2. The molecule has 0 spiro atoms. The fraction of sp³-hybridized carbons (Fsp3) is 0.273. The Balaban J connectivity index is 2.28. The summed E-state index contributed by atoms with van der Waals surface area (Å²) in [5.74, 6) is -0.295. The van der Waals surface area contributed by atoms with Gasteiger partial charge in [0.05, 0.1) is 6.04 Å². The van der Waals surface area contributed by atoms with E-state index in [0.29, 0.717) is 0 Å². The molecule has 4 nitrogen and oxygen atoms in total. The van der Waals surface area contributed by atoms with Gasteiger partial charge in [-0.1, -0.05) is 30.3 Å². The van der Waals surface area contributed by atoms with Gasteiger partial charge in [-0.25, -0.2) is 0 Å². The van der Waals surface area contributed by atoms with Crippen LogP contribution in [0, 0.1) is 0 Å². The fourth-order valence-corrected chi connectivity index (χ4v) is 1.70. The number of benzene rings is 1. The number of hydrogen-bond donors (Lipinski definition) is 2. The molecule has 1 aromatic rings. The molecule has 1 aliphatic rings. The predicted molar refractivity (Wildman–Crippen MR) is 54.9 cm³/mol. The Hall–Kier alpha value is -1.68. The molecule has 1 fully saturated rings. The number of nitrogens with one attached hydrogen (secondary N) is 1. The van der Waals surface area contributed by atoms with Gasteiger partial charge in [0.2, 0.25) is 5.91 Å². The Labute approximate surface area is 87.5 Å². The van der Waals surface area contributed by atoms with Gasteiger partial charge >= 0.3 is 0 Å². The quantitative estimate of drug-likeness (QED) is 0.683. The van der Waals surface area contributed by atoms with Gasteiger partial charge < -0.3 is 11.1 Å². The number of carbonyl (C=O) groups is 2. The van der Waals surface area contributed by atoms with E-state index < -0.39 is 12.1 Å². The predicted octanol–water partition coefficient (Wildman–Crippen LogP) is 0.144. The minimum Gasteiger partial charge on any atom is -0.342 e. The van der Waals surface area contributed by atoms with Crippen molar-refractivity contribution in [1.82, 2.24) is 5.32 Å². The van der Waals surface area contributed by atoms with Crippen LogP contribution in [0.25, 0.3) is 0 Å². The lowest BCUT2D eigenvalue weighted by Crippen LogP contribution is -2.50. The van der Waals surface area contributed by atoms with Gasteiger partial charge in [-0.2, -0.15) is 0 Å². The van der Waals surface area contributed by atoms with E-state index in [9.17, 15) is 9.59 Å². The fourth-order valence-electron chi connectivity index (χ4n) is 1.70. The Morgan fingerprint density at radius 3 is 2.53 bits per heavy atom. The second-order valence-corrected chi connectivity index (χ2v) is 3.62. The second-order valence-electron chi connectivity index (χ2n) is 3.62. The molecular formula is C11H12N2O2. The van der Waals surface area contributed by atoms with Gasteiger partial charge in [0, 0.05) is 6.42 Å². The SMILES string of the molecule is NC1CC(=O)NC(c2ccccc2)C1=O. The number of amides is 1. The highest BCUT2D eigenvalue weighted by atomic mass is 16.2. The van der Waals surface area contributed by atoms with Gasteiger partial charge in [0.25, 0.3) is 0 Å². The number of nitrogens with two attached hydrogens (primary N) is 1. The van der Waals surface area contributed by atoms with Crippen molar-refractivity contribution in [2.24, 2.45) is 5.73 Å².